The number of likely N-dealkylation sites (tertiary alicyclic amines) is 1. The number of primary amides is 1. The fraction of sp³-hybridized carbons (Fsp3) is 0.833. The molecule has 1 saturated heterocycles. The largest absolute Gasteiger partial charge is 0.386 e. The Bertz CT molecular complexity index is 343. The minimum absolute atomic E-state index is 0.102. The van der Waals surface area contributed by atoms with Crippen molar-refractivity contribution in [2.45, 2.75) is 31.9 Å². The number of amides is 3. The van der Waals surface area contributed by atoms with E-state index in [9.17, 15) is 14.7 Å². The van der Waals surface area contributed by atoms with Gasteiger partial charge in [0.2, 0.25) is 5.91 Å². The second kappa shape index (κ2) is 6.47. The first-order chi connectivity index (χ1) is 8.80. The second-order valence-electron chi connectivity index (χ2n) is 5.30. The smallest absolute Gasteiger partial charge is 0.312 e. The Labute approximate surface area is 118 Å². The number of carbonyl (C=O) groups is 2. The summed E-state index contributed by atoms with van der Waals surface area (Å²) < 4.78 is 0. The number of urea groups is 1. The van der Waals surface area contributed by atoms with Crippen molar-refractivity contribution in [1.82, 2.24) is 10.2 Å². The van der Waals surface area contributed by atoms with E-state index in [-0.39, 0.29) is 11.8 Å². The molecule has 1 aliphatic heterocycles. The first kappa shape index (κ1) is 16.1. The van der Waals surface area contributed by atoms with Crippen LogP contribution < -0.4 is 11.1 Å². The molecule has 0 aromatic heterocycles. The van der Waals surface area contributed by atoms with Gasteiger partial charge in [0.25, 0.3) is 0 Å². The van der Waals surface area contributed by atoms with Gasteiger partial charge in [-0.05, 0) is 24.3 Å². The van der Waals surface area contributed by atoms with Gasteiger partial charge in [0.1, 0.15) is 11.6 Å². The molecule has 0 saturated carbocycles. The zero-order chi connectivity index (χ0) is 14.6. The zero-order valence-electron chi connectivity index (χ0n) is 11.7. The van der Waals surface area contributed by atoms with Crippen molar-refractivity contribution >= 4 is 23.7 Å². The number of hydrogen-bond donors (Lipinski definition) is 3. The van der Waals surface area contributed by atoms with Gasteiger partial charge in [-0.15, -0.1) is 0 Å². The Morgan fingerprint density at radius 1 is 1.47 bits per heavy atom. The van der Waals surface area contributed by atoms with Crippen LogP contribution in [0.25, 0.3) is 0 Å². The van der Waals surface area contributed by atoms with Gasteiger partial charge in [-0.25, -0.2) is 4.79 Å². The molecule has 1 unspecified atom stereocenters. The highest BCUT2D eigenvalue weighted by Crippen LogP contribution is 2.29. The van der Waals surface area contributed by atoms with Gasteiger partial charge in [0, 0.05) is 0 Å². The van der Waals surface area contributed by atoms with E-state index >= 15 is 0 Å². The van der Waals surface area contributed by atoms with Crippen molar-refractivity contribution in [2.75, 3.05) is 25.1 Å². The summed E-state index contributed by atoms with van der Waals surface area (Å²) in [7, 11) is 0. The Kier molecular flexibility index (Phi) is 5.49. The van der Waals surface area contributed by atoms with Crippen molar-refractivity contribution in [2.24, 2.45) is 11.7 Å². The molecule has 0 radical (unpaired) electrons. The van der Waals surface area contributed by atoms with Crippen molar-refractivity contribution in [1.29, 1.82) is 0 Å². The monoisotopic (exact) mass is 289 g/mol. The molecule has 0 aromatic rings. The summed E-state index contributed by atoms with van der Waals surface area (Å²) in [5.41, 5.74) is 4.29. The Balaban J connectivity index is 2.56. The number of nitrogens with one attached hydrogen (secondary N) is 1. The highest BCUT2D eigenvalue weighted by molar-refractivity contribution is 7.98. The van der Waals surface area contributed by atoms with Gasteiger partial charge in [-0.3, -0.25) is 4.79 Å². The standard InChI is InChI=1S/C12H23N3O3S/c1-8(2)12(18)6-15(7-12)10(16)9(4-5-19-3)14-11(13)17/h8-9,18H,4-7H2,1-3H3,(H3,13,14,17). The van der Waals surface area contributed by atoms with Crippen molar-refractivity contribution in [3.05, 3.63) is 0 Å². The van der Waals surface area contributed by atoms with Crippen LogP contribution in [0.3, 0.4) is 0 Å². The molecule has 1 aliphatic rings. The summed E-state index contributed by atoms with van der Waals surface area (Å²) in [6.45, 7) is 4.49. The number of β-amino-alcohol motifs (C(OH)–C–C–N with tert-alkyl or cyclic N) is 1. The molecular weight excluding hydrogens is 266 g/mol. The highest BCUT2D eigenvalue weighted by atomic mass is 32.2. The van der Waals surface area contributed by atoms with Crippen LogP contribution in [0.4, 0.5) is 4.79 Å². The summed E-state index contributed by atoms with van der Waals surface area (Å²) in [5.74, 6) is 0.697. The Morgan fingerprint density at radius 3 is 2.47 bits per heavy atom. The maximum atomic E-state index is 12.2. The predicted octanol–water partition coefficient (Wildman–Crippen LogP) is 0.00570. The lowest BCUT2D eigenvalue weighted by atomic mass is 9.82. The molecule has 6 nitrogen and oxygen atoms in total. The van der Waals surface area contributed by atoms with E-state index < -0.39 is 17.7 Å². The molecule has 4 N–H and O–H groups in total. The number of nitrogens with two attached hydrogens (primary N) is 1. The average Bonchev–Trinajstić information content (AvgIpc) is 2.28. The number of hydrogen-bond acceptors (Lipinski definition) is 4. The fourth-order valence-electron chi connectivity index (χ4n) is 2.02. The topological polar surface area (TPSA) is 95.7 Å². The summed E-state index contributed by atoms with van der Waals surface area (Å²) in [6, 6.07) is -1.29. The minimum atomic E-state index is -0.799. The van der Waals surface area contributed by atoms with Crippen LogP contribution in [0.5, 0.6) is 0 Å². The third kappa shape index (κ3) is 4.01. The van der Waals surface area contributed by atoms with E-state index in [0.29, 0.717) is 19.5 Å². The lowest BCUT2D eigenvalue weighted by Crippen LogP contribution is -2.68. The molecule has 110 valence electrons. The third-order valence-corrected chi connectivity index (χ3v) is 4.18. The summed E-state index contributed by atoms with van der Waals surface area (Å²) in [5, 5.41) is 12.6. The number of rotatable bonds is 6. The minimum Gasteiger partial charge on any atom is -0.386 e. The third-order valence-electron chi connectivity index (χ3n) is 3.54. The van der Waals surface area contributed by atoms with Crippen LogP contribution in [0, 0.1) is 5.92 Å². The Morgan fingerprint density at radius 2 is 2.05 bits per heavy atom. The van der Waals surface area contributed by atoms with Crippen molar-refractivity contribution in [3.63, 3.8) is 0 Å². The van der Waals surface area contributed by atoms with Crippen LogP contribution >= 0.6 is 11.8 Å². The maximum Gasteiger partial charge on any atom is 0.312 e. The van der Waals surface area contributed by atoms with E-state index in [2.05, 4.69) is 5.32 Å². The normalized spacial score (nSPS) is 18.9. The molecular formula is C12H23N3O3S. The highest BCUT2D eigenvalue weighted by Gasteiger charge is 2.47. The molecule has 3 amide bonds. The molecule has 1 atom stereocenters. The first-order valence-electron chi connectivity index (χ1n) is 6.36. The van der Waals surface area contributed by atoms with Gasteiger partial charge < -0.3 is 21.1 Å². The maximum absolute atomic E-state index is 12.2. The average molecular weight is 289 g/mol. The van der Waals surface area contributed by atoms with Crippen LogP contribution in [0.1, 0.15) is 20.3 Å². The van der Waals surface area contributed by atoms with Crippen molar-refractivity contribution < 1.29 is 14.7 Å². The van der Waals surface area contributed by atoms with E-state index in [1.54, 1.807) is 16.7 Å². The molecule has 1 heterocycles. The van der Waals surface area contributed by atoms with Gasteiger partial charge in [0.15, 0.2) is 0 Å². The summed E-state index contributed by atoms with van der Waals surface area (Å²) in [6.07, 6.45) is 2.48. The van der Waals surface area contributed by atoms with E-state index in [1.807, 2.05) is 20.1 Å². The molecule has 7 heteroatoms. The number of carbonyl (C=O) groups excluding carboxylic acids is 2. The number of aliphatic hydroxyl groups is 1. The van der Waals surface area contributed by atoms with E-state index in [1.165, 1.54) is 0 Å². The number of nitrogens with zero attached hydrogens (tertiary/aromatic N) is 1. The van der Waals surface area contributed by atoms with Crippen molar-refractivity contribution in [3.8, 4) is 0 Å². The SMILES string of the molecule is CSCCC(NC(N)=O)C(=O)N1CC(O)(C(C)C)C1. The van der Waals surface area contributed by atoms with Crippen LogP contribution in [-0.2, 0) is 4.79 Å². The Hall–Kier alpha value is -0.950. The van der Waals surface area contributed by atoms with Gasteiger partial charge in [-0.2, -0.15) is 11.8 Å². The lowest BCUT2D eigenvalue weighted by Gasteiger charge is -2.49. The lowest BCUT2D eigenvalue weighted by molar-refractivity contribution is -0.165. The van der Waals surface area contributed by atoms with Crippen LogP contribution in [0.2, 0.25) is 0 Å². The second-order valence-corrected chi connectivity index (χ2v) is 6.28. The molecule has 0 spiro atoms. The van der Waals surface area contributed by atoms with Gasteiger partial charge in [-0.1, -0.05) is 13.8 Å². The zero-order valence-corrected chi connectivity index (χ0v) is 12.5. The molecule has 19 heavy (non-hydrogen) atoms. The summed E-state index contributed by atoms with van der Waals surface area (Å²) in [4.78, 5) is 24.7. The van der Waals surface area contributed by atoms with Gasteiger partial charge >= 0.3 is 6.03 Å². The first-order valence-corrected chi connectivity index (χ1v) is 7.75. The molecule has 0 aromatic carbocycles. The molecule has 0 aliphatic carbocycles. The fourth-order valence-corrected chi connectivity index (χ4v) is 2.49. The quantitative estimate of drug-likeness (QED) is 0.641. The molecule has 1 fully saturated rings. The number of thioether (sulfide) groups is 1. The van der Waals surface area contributed by atoms with E-state index in [4.69, 9.17) is 5.73 Å². The van der Waals surface area contributed by atoms with Gasteiger partial charge in [0.05, 0.1) is 13.1 Å². The summed E-state index contributed by atoms with van der Waals surface area (Å²) >= 11 is 1.60. The van der Waals surface area contributed by atoms with Crippen LogP contribution in [-0.4, -0.2) is 58.7 Å². The molecule has 1 rings (SSSR count). The predicted molar refractivity (Wildman–Crippen MR) is 75.9 cm³/mol. The van der Waals surface area contributed by atoms with Crippen LogP contribution in [0.15, 0.2) is 0 Å². The molecule has 0 bridgehead atoms. The van der Waals surface area contributed by atoms with E-state index in [0.717, 1.165) is 5.75 Å².